The van der Waals surface area contributed by atoms with Crippen molar-refractivity contribution in [2.24, 2.45) is 11.8 Å². The Kier molecular flexibility index (Phi) is 22.1. The van der Waals surface area contributed by atoms with Crippen molar-refractivity contribution in [3.63, 3.8) is 0 Å². The van der Waals surface area contributed by atoms with E-state index in [2.05, 4.69) is 19.2 Å². The third-order valence-electron chi connectivity index (χ3n) is 7.78. The van der Waals surface area contributed by atoms with Crippen LogP contribution in [0.3, 0.4) is 0 Å². The number of ketones is 1. The van der Waals surface area contributed by atoms with Crippen molar-refractivity contribution in [1.29, 1.82) is 0 Å². The second-order valence-electron chi connectivity index (χ2n) is 14.2. The molecule has 286 valence electrons. The van der Waals surface area contributed by atoms with Crippen LogP contribution in [0.15, 0.2) is 0 Å². The van der Waals surface area contributed by atoms with E-state index in [0.29, 0.717) is 12.3 Å². The summed E-state index contributed by atoms with van der Waals surface area (Å²) in [5, 5.41) is 13.2. The fourth-order valence-electron chi connectivity index (χ4n) is 5.09. The van der Waals surface area contributed by atoms with E-state index in [0.717, 1.165) is 37.5 Å². The van der Waals surface area contributed by atoms with Gasteiger partial charge in [-0.1, -0.05) is 72.1 Å². The maximum atomic E-state index is 13.5. The van der Waals surface area contributed by atoms with Crippen LogP contribution >= 0.6 is 7.60 Å². The number of esters is 2. The molecule has 0 aromatic heterocycles. The second-order valence-corrected chi connectivity index (χ2v) is 16.2. The number of hydrogen-bond donors (Lipinski definition) is 2. The van der Waals surface area contributed by atoms with Crippen molar-refractivity contribution < 1.29 is 52.2 Å². The van der Waals surface area contributed by atoms with Crippen molar-refractivity contribution >= 4 is 37.1 Å². The third kappa shape index (κ3) is 20.2. The van der Waals surface area contributed by atoms with E-state index in [9.17, 15) is 33.6 Å². The van der Waals surface area contributed by atoms with Crippen LogP contribution in [0.4, 0.5) is 0 Å². The number of rotatable bonds is 26. The zero-order valence-corrected chi connectivity index (χ0v) is 32.7. The van der Waals surface area contributed by atoms with Gasteiger partial charge in [0.25, 0.3) is 5.91 Å². The molecular formula is C35H65N2O11P. The number of carbonyl (C=O) groups excluding carboxylic acids is 5. The normalized spacial score (nSPS) is 14.4. The van der Waals surface area contributed by atoms with Gasteiger partial charge in [0.15, 0.2) is 11.4 Å². The summed E-state index contributed by atoms with van der Waals surface area (Å²) in [4.78, 5) is 65.2. The Hall–Kier alpha value is -2.34. The van der Waals surface area contributed by atoms with Gasteiger partial charge in [0.2, 0.25) is 5.91 Å². The molecule has 0 aromatic carbocycles. The molecule has 2 amide bonds. The number of hydrogen-bond acceptors (Lipinski definition) is 11. The van der Waals surface area contributed by atoms with Gasteiger partial charge in [0.1, 0.15) is 31.0 Å². The van der Waals surface area contributed by atoms with Gasteiger partial charge in [-0.25, -0.2) is 0 Å². The summed E-state index contributed by atoms with van der Waals surface area (Å²) in [7, 11) is -2.35. The minimum atomic E-state index is -3.70. The zero-order chi connectivity index (χ0) is 37.8. The molecular weight excluding hydrogens is 655 g/mol. The highest BCUT2D eigenvalue weighted by atomic mass is 31.2. The summed E-state index contributed by atoms with van der Waals surface area (Å²) in [5.74, 6) is -4.59. The first-order chi connectivity index (χ1) is 22.7. The minimum Gasteiger partial charge on any atom is -0.460 e. The minimum absolute atomic E-state index is 0.0744. The highest BCUT2D eigenvalue weighted by Crippen LogP contribution is 2.47. The van der Waals surface area contributed by atoms with E-state index in [4.69, 9.17) is 18.5 Å². The predicted octanol–water partition coefficient (Wildman–Crippen LogP) is 5.59. The highest BCUT2D eigenvalue weighted by Gasteiger charge is 2.44. The molecule has 0 fully saturated rings. The van der Waals surface area contributed by atoms with Gasteiger partial charge in [-0.05, 0) is 60.3 Å². The summed E-state index contributed by atoms with van der Waals surface area (Å²) in [6.07, 6.45) is 8.19. The molecule has 0 bridgehead atoms. The average Bonchev–Trinajstić information content (AvgIpc) is 2.98. The topological polar surface area (TPSA) is 175 Å². The summed E-state index contributed by atoms with van der Waals surface area (Å²) in [5.41, 5.74) is -3.32. The molecule has 0 spiro atoms. The number of Topliss-reactive ketones (excluding diaryl/α,β-unsaturated/α-hetero) is 1. The van der Waals surface area contributed by atoms with E-state index >= 15 is 0 Å². The van der Waals surface area contributed by atoms with E-state index in [-0.39, 0.29) is 19.6 Å². The summed E-state index contributed by atoms with van der Waals surface area (Å²) in [6.45, 7) is 14.3. The third-order valence-corrected chi connectivity index (χ3v) is 9.74. The molecule has 2 N–H and O–H groups in total. The van der Waals surface area contributed by atoms with Crippen LogP contribution in [-0.2, 0) is 47.1 Å². The van der Waals surface area contributed by atoms with E-state index in [1.807, 2.05) is 0 Å². The number of aliphatic hydroxyl groups is 1. The van der Waals surface area contributed by atoms with Crippen LogP contribution in [0.5, 0.6) is 0 Å². The van der Waals surface area contributed by atoms with Gasteiger partial charge in [-0.15, -0.1) is 0 Å². The number of nitrogens with zero attached hydrogens (tertiary/aromatic N) is 1. The van der Waals surface area contributed by atoms with E-state index < -0.39 is 79.6 Å². The first-order valence-corrected chi connectivity index (χ1v) is 19.5. The van der Waals surface area contributed by atoms with Gasteiger partial charge in [0.05, 0.1) is 19.1 Å². The van der Waals surface area contributed by atoms with Crippen molar-refractivity contribution in [1.82, 2.24) is 10.2 Å². The molecule has 0 aliphatic rings. The maximum absolute atomic E-state index is 13.5. The number of ether oxygens (including phenoxy) is 2. The molecule has 0 heterocycles. The molecule has 0 aliphatic carbocycles. The van der Waals surface area contributed by atoms with Crippen molar-refractivity contribution in [2.75, 3.05) is 39.5 Å². The van der Waals surface area contributed by atoms with Crippen LogP contribution in [-0.4, -0.2) is 96.4 Å². The van der Waals surface area contributed by atoms with Gasteiger partial charge < -0.3 is 33.8 Å². The van der Waals surface area contributed by atoms with Gasteiger partial charge in [-0.2, -0.15) is 0 Å². The predicted molar refractivity (Wildman–Crippen MR) is 188 cm³/mol. The lowest BCUT2D eigenvalue weighted by Crippen LogP contribution is -2.55. The Morgan fingerprint density at radius 1 is 0.796 bits per heavy atom. The molecule has 0 radical (unpaired) electrons. The average molecular weight is 721 g/mol. The first-order valence-electron chi connectivity index (χ1n) is 17.8. The lowest BCUT2D eigenvalue weighted by molar-refractivity contribution is -0.164. The first kappa shape index (κ1) is 46.7. The number of amides is 2. The maximum Gasteiger partial charge on any atom is 0.340 e. The summed E-state index contributed by atoms with van der Waals surface area (Å²) < 4.78 is 34.0. The van der Waals surface area contributed by atoms with Crippen LogP contribution in [0.2, 0.25) is 0 Å². The Bertz CT molecular complexity index is 1080. The largest absolute Gasteiger partial charge is 0.460 e. The van der Waals surface area contributed by atoms with E-state index in [1.54, 1.807) is 34.6 Å². The van der Waals surface area contributed by atoms with Crippen LogP contribution in [0, 0.1) is 11.8 Å². The van der Waals surface area contributed by atoms with Crippen molar-refractivity contribution in [2.45, 2.75) is 144 Å². The number of nitrogens with one attached hydrogen (secondary N) is 1. The van der Waals surface area contributed by atoms with Gasteiger partial charge >= 0.3 is 19.5 Å². The molecule has 49 heavy (non-hydrogen) atoms. The molecule has 14 heteroatoms. The quantitative estimate of drug-likeness (QED) is 0.0493. The Balaban J connectivity index is 5.51. The Morgan fingerprint density at radius 3 is 1.76 bits per heavy atom. The lowest BCUT2D eigenvalue weighted by atomic mass is 9.85. The molecule has 1 unspecified atom stereocenters. The fourth-order valence-corrected chi connectivity index (χ4v) is 6.71. The number of carbonyl (C=O) groups is 5. The zero-order valence-electron chi connectivity index (χ0n) is 31.8. The molecule has 0 aliphatic heterocycles. The number of unbranched alkanes of at least 4 members (excludes halogenated alkanes) is 7. The van der Waals surface area contributed by atoms with Gasteiger partial charge in [0, 0.05) is 7.05 Å². The van der Waals surface area contributed by atoms with Crippen molar-refractivity contribution in [3.05, 3.63) is 0 Å². The molecule has 0 saturated carbocycles. The Labute approximate surface area is 294 Å². The highest BCUT2D eigenvalue weighted by molar-refractivity contribution is 7.54. The fraction of sp³-hybridized carbons (Fsp3) is 0.857. The van der Waals surface area contributed by atoms with Gasteiger partial charge in [-0.3, -0.25) is 28.5 Å². The van der Waals surface area contributed by atoms with Crippen LogP contribution < -0.4 is 5.32 Å². The summed E-state index contributed by atoms with van der Waals surface area (Å²) >= 11 is 0. The lowest BCUT2D eigenvalue weighted by Gasteiger charge is -2.30. The SMILES string of the molecule is CCOP(=O)(CC(=O)N(C)CC(=O)O[C@H](CCCCCCCCCCC(C)C)[C@@H](C)C(=O)C(C)(O)C(=O)NCC(=O)OC(C)(C)C)OCC. The van der Waals surface area contributed by atoms with Crippen LogP contribution in [0.1, 0.15) is 127 Å². The standard InChI is InChI=1S/C35H65N2O11P/c1-11-45-49(44,46-12-2)25-29(38)37(10)24-31(40)47-28(22-20-18-16-14-13-15-17-19-21-26(3)4)27(5)32(41)35(9,43)33(42)36-23-30(39)48-34(6,7)8/h26-28,43H,11-25H2,1-10H3,(H,36,42)/t27-,28-,35?/m1/s1. The smallest absolute Gasteiger partial charge is 0.340 e. The van der Waals surface area contributed by atoms with E-state index in [1.165, 1.54) is 39.7 Å². The number of likely N-dealkylation sites (N-methyl/N-ethyl adjacent to an activating group) is 1. The Morgan fingerprint density at radius 2 is 1.29 bits per heavy atom. The molecule has 3 atom stereocenters. The second kappa shape index (κ2) is 23.2. The molecule has 0 rings (SSSR count). The monoisotopic (exact) mass is 720 g/mol. The molecule has 13 nitrogen and oxygen atoms in total. The van der Waals surface area contributed by atoms with Crippen molar-refractivity contribution in [3.8, 4) is 0 Å². The molecule has 0 aromatic rings. The summed E-state index contributed by atoms with van der Waals surface area (Å²) in [6, 6.07) is 0. The molecule has 0 saturated heterocycles. The van der Waals surface area contributed by atoms with Crippen LogP contribution in [0.25, 0.3) is 0 Å².